The van der Waals surface area contributed by atoms with E-state index in [0.29, 0.717) is 22.5 Å². The molecular formula is C19H17F2N5O4. The summed E-state index contributed by atoms with van der Waals surface area (Å²) in [5, 5.41) is 11.6. The monoisotopic (exact) mass is 417 g/mol. The van der Waals surface area contributed by atoms with E-state index in [1.807, 2.05) is 13.0 Å². The van der Waals surface area contributed by atoms with Crippen molar-refractivity contribution in [3.63, 3.8) is 0 Å². The number of aromatic nitrogens is 4. The van der Waals surface area contributed by atoms with E-state index in [2.05, 4.69) is 25.1 Å². The van der Waals surface area contributed by atoms with E-state index < -0.39 is 12.0 Å². The molecular weight excluding hydrogens is 400 g/mol. The summed E-state index contributed by atoms with van der Waals surface area (Å²) in [5.74, 6) is -0.176. The molecule has 0 amide bonds. The highest BCUT2D eigenvalue weighted by Crippen LogP contribution is 2.43. The molecule has 0 bridgehead atoms. The molecule has 0 N–H and O–H groups in total. The summed E-state index contributed by atoms with van der Waals surface area (Å²) in [6.45, 7) is 3.48. The van der Waals surface area contributed by atoms with Crippen LogP contribution in [-0.2, 0) is 18.5 Å². The Kier molecular flexibility index (Phi) is 4.72. The van der Waals surface area contributed by atoms with Crippen molar-refractivity contribution in [3.05, 3.63) is 63.6 Å². The maximum atomic E-state index is 13.4. The summed E-state index contributed by atoms with van der Waals surface area (Å²) < 4.78 is 38.1. The standard InChI is InChI=1S/C19H17F2N5O4/c1-11-6-4-8-15(26-18(27)25(3)23-24-26)14(11)10-28-22-12(2)13-7-5-9-16-17(13)30-19(20,21)29-16/h4-9H,10H2,1-3H3. The molecule has 30 heavy (non-hydrogen) atoms. The number of ether oxygens (including phenoxy) is 2. The van der Waals surface area contributed by atoms with E-state index in [1.165, 1.54) is 17.8 Å². The smallest absolute Gasteiger partial charge is 0.395 e. The molecule has 0 spiro atoms. The highest BCUT2D eigenvalue weighted by molar-refractivity contribution is 6.01. The number of hydrogen-bond donors (Lipinski definition) is 0. The van der Waals surface area contributed by atoms with Gasteiger partial charge in [0.1, 0.15) is 6.61 Å². The van der Waals surface area contributed by atoms with Crippen LogP contribution in [0.25, 0.3) is 5.69 Å². The predicted octanol–water partition coefficient (Wildman–Crippen LogP) is 2.54. The van der Waals surface area contributed by atoms with Crippen molar-refractivity contribution in [3.8, 4) is 17.2 Å². The van der Waals surface area contributed by atoms with Gasteiger partial charge >= 0.3 is 12.0 Å². The van der Waals surface area contributed by atoms with Gasteiger partial charge in [0, 0.05) is 18.2 Å². The van der Waals surface area contributed by atoms with Crippen LogP contribution in [0.4, 0.5) is 8.78 Å². The fraction of sp³-hybridized carbons (Fsp3) is 0.263. The summed E-state index contributed by atoms with van der Waals surface area (Å²) >= 11 is 0. The molecule has 4 rings (SSSR count). The number of rotatable bonds is 5. The molecule has 3 aromatic rings. The lowest BCUT2D eigenvalue weighted by Gasteiger charge is -2.11. The minimum atomic E-state index is -3.72. The third-order valence-corrected chi connectivity index (χ3v) is 4.56. The van der Waals surface area contributed by atoms with Gasteiger partial charge in [-0.1, -0.05) is 23.4 Å². The highest BCUT2D eigenvalue weighted by Gasteiger charge is 2.44. The van der Waals surface area contributed by atoms with Crippen LogP contribution in [-0.4, -0.2) is 31.8 Å². The molecule has 9 nitrogen and oxygen atoms in total. The van der Waals surface area contributed by atoms with Crippen LogP contribution >= 0.6 is 0 Å². The van der Waals surface area contributed by atoms with Crippen molar-refractivity contribution in [2.75, 3.05) is 0 Å². The quantitative estimate of drug-likeness (QED) is 0.468. The minimum Gasteiger partial charge on any atom is -0.395 e. The number of aryl methyl sites for hydroxylation is 2. The van der Waals surface area contributed by atoms with Gasteiger partial charge in [0.15, 0.2) is 11.5 Å². The maximum Gasteiger partial charge on any atom is 0.586 e. The molecule has 1 aromatic heterocycles. The van der Waals surface area contributed by atoms with Gasteiger partial charge in [0.25, 0.3) is 0 Å². The van der Waals surface area contributed by atoms with E-state index in [1.54, 1.807) is 31.2 Å². The number of halogens is 2. The molecule has 2 heterocycles. The molecule has 1 aliphatic heterocycles. The fourth-order valence-corrected chi connectivity index (χ4v) is 3.03. The first-order chi connectivity index (χ1) is 14.3. The molecule has 156 valence electrons. The maximum absolute atomic E-state index is 13.4. The first kappa shape index (κ1) is 19.6. The van der Waals surface area contributed by atoms with Crippen LogP contribution in [0.2, 0.25) is 0 Å². The SMILES string of the molecule is CC(=NOCc1c(C)cccc1-n1nnn(C)c1=O)c1cccc2c1OC(F)(F)O2. The Labute approximate surface area is 169 Å². The minimum absolute atomic E-state index is 0.0188. The Morgan fingerprint density at radius 2 is 1.97 bits per heavy atom. The summed E-state index contributed by atoms with van der Waals surface area (Å²) in [4.78, 5) is 17.7. The van der Waals surface area contributed by atoms with Gasteiger partial charge in [-0.2, -0.15) is 9.36 Å². The van der Waals surface area contributed by atoms with Gasteiger partial charge in [0.2, 0.25) is 0 Å². The Bertz CT molecular complexity index is 1200. The molecule has 0 unspecified atom stereocenters. The van der Waals surface area contributed by atoms with E-state index in [4.69, 9.17) is 4.84 Å². The molecule has 11 heteroatoms. The molecule has 0 fully saturated rings. The topological polar surface area (TPSA) is 92.8 Å². The van der Waals surface area contributed by atoms with Crippen molar-refractivity contribution >= 4 is 5.71 Å². The lowest BCUT2D eigenvalue weighted by molar-refractivity contribution is -0.286. The number of alkyl halides is 2. The first-order valence-electron chi connectivity index (χ1n) is 8.90. The van der Waals surface area contributed by atoms with Gasteiger partial charge in [-0.05, 0) is 48.0 Å². The van der Waals surface area contributed by atoms with Crippen molar-refractivity contribution in [1.29, 1.82) is 0 Å². The van der Waals surface area contributed by atoms with Crippen molar-refractivity contribution in [2.24, 2.45) is 12.2 Å². The largest absolute Gasteiger partial charge is 0.586 e. The van der Waals surface area contributed by atoms with Crippen molar-refractivity contribution < 1.29 is 23.1 Å². The van der Waals surface area contributed by atoms with Crippen LogP contribution in [0, 0.1) is 6.92 Å². The normalized spacial score (nSPS) is 14.8. The third kappa shape index (κ3) is 3.49. The summed E-state index contributed by atoms with van der Waals surface area (Å²) in [7, 11) is 1.50. The summed E-state index contributed by atoms with van der Waals surface area (Å²) in [5.41, 5.74) is 2.29. The zero-order valence-corrected chi connectivity index (χ0v) is 16.3. The average Bonchev–Trinajstić information content (AvgIpc) is 3.20. The van der Waals surface area contributed by atoms with Gasteiger partial charge in [-0.3, -0.25) is 0 Å². The number of benzene rings is 2. The lowest BCUT2D eigenvalue weighted by Crippen LogP contribution is -2.26. The number of oxime groups is 1. The Balaban J connectivity index is 1.59. The molecule has 0 saturated carbocycles. The molecule has 0 saturated heterocycles. The molecule has 0 radical (unpaired) electrons. The lowest BCUT2D eigenvalue weighted by atomic mass is 10.1. The molecule has 2 aromatic carbocycles. The molecule has 1 aliphatic rings. The van der Waals surface area contributed by atoms with Crippen LogP contribution in [0.15, 0.2) is 46.3 Å². The van der Waals surface area contributed by atoms with Gasteiger partial charge < -0.3 is 14.3 Å². The number of hydrogen-bond acceptors (Lipinski definition) is 7. The second kappa shape index (κ2) is 7.25. The second-order valence-electron chi connectivity index (χ2n) is 6.62. The average molecular weight is 417 g/mol. The number of fused-ring (bicyclic) bond motifs is 1. The van der Waals surface area contributed by atoms with Gasteiger partial charge in [0.05, 0.1) is 11.4 Å². The second-order valence-corrected chi connectivity index (χ2v) is 6.62. The van der Waals surface area contributed by atoms with Gasteiger partial charge in [-0.15, -0.1) is 8.78 Å². The Morgan fingerprint density at radius 3 is 2.70 bits per heavy atom. The first-order valence-corrected chi connectivity index (χ1v) is 8.90. The third-order valence-electron chi connectivity index (χ3n) is 4.56. The van der Waals surface area contributed by atoms with Crippen molar-refractivity contribution in [2.45, 2.75) is 26.7 Å². The van der Waals surface area contributed by atoms with Crippen LogP contribution in [0.3, 0.4) is 0 Å². The predicted molar refractivity (Wildman–Crippen MR) is 101 cm³/mol. The highest BCUT2D eigenvalue weighted by atomic mass is 19.3. The Morgan fingerprint density at radius 1 is 1.20 bits per heavy atom. The Hall–Kier alpha value is -3.76. The van der Waals surface area contributed by atoms with Crippen LogP contribution in [0.5, 0.6) is 11.5 Å². The fourth-order valence-electron chi connectivity index (χ4n) is 3.03. The van der Waals surface area contributed by atoms with E-state index in [9.17, 15) is 13.6 Å². The zero-order chi connectivity index (χ0) is 21.5. The van der Waals surface area contributed by atoms with E-state index >= 15 is 0 Å². The number of para-hydroxylation sites is 1. The van der Waals surface area contributed by atoms with E-state index in [0.717, 1.165) is 10.2 Å². The van der Waals surface area contributed by atoms with Crippen LogP contribution < -0.4 is 15.2 Å². The molecule has 0 atom stereocenters. The van der Waals surface area contributed by atoms with Gasteiger partial charge in [-0.25, -0.2) is 4.79 Å². The van der Waals surface area contributed by atoms with Crippen molar-refractivity contribution in [1.82, 2.24) is 19.8 Å². The number of tetrazole rings is 1. The van der Waals surface area contributed by atoms with Crippen LogP contribution in [0.1, 0.15) is 23.6 Å². The summed E-state index contributed by atoms with van der Waals surface area (Å²) in [6.07, 6.45) is -3.72. The summed E-state index contributed by atoms with van der Waals surface area (Å²) in [6, 6.07) is 9.87. The zero-order valence-electron chi connectivity index (χ0n) is 16.3. The molecule has 0 aliphatic carbocycles. The number of nitrogens with zero attached hydrogens (tertiary/aromatic N) is 5. The van der Waals surface area contributed by atoms with E-state index in [-0.39, 0.29) is 18.1 Å².